The van der Waals surface area contributed by atoms with Gasteiger partial charge in [0.05, 0.1) is 5.69 Å². The van der Waals surface area contributed by atoms with Crippen LogP contribution in [0.4, 0.5) is 4.39 Å². The molecule has 0 aliphatic carbocycles. The summed E-state index contributed by atoms with van der Waals surface area (Å²) in [6.07, 6.45) is 1.77. The molecule has 3 rings (SSSR count). The molecule has 3 nitrogen and oxygen atoms in total. The van der Waals surface area contributed by atoms with Crippen molar-refractivity contribution in [2.24, 2.45) is 0 Å². The number of aromatic nitrogens is 2. The molecule has 94 valence electrons. The number of para-hydroxylation sites is 2. The van der Waals surface area contributed by atoms with E-state index in [1.54, 1.807) is 35.1 Å². The van der Waals surface area contributed by atoms with Crippen LogP contribution in [0.15, 0.2) is 66.9 Å². The lowest BCUT2D eigenvalue weighted by molar-refractivity contribution is 0.424. The Morgan fingerprint density at radius 1 is 0.895 bits per heavy atom. The molecular weight excluding hydrogens is 243 g/mol. The summed E-state index contributed by atoms with van der Waals surface area (Å²) in [4.78, 5) is 0. The third-order valence-corrected chi connectivity index (χ3v) is 2.64. The van der Waals surface area contributed by atoms with Gasteiger partial charge in [-0.1, -0.05) is 30.3 Å². The summed E-state index contributed by atoms with van der Waals surface area (Å²) in [7, 11) is 0. The predicted octanol–water partition coefficient (Wildman–Crippen LogP) is 3.80. The van der Waals surface area contributed by atoms with Crippen LogP contribution in [0.2, 0.25) is 0 Å². The molecular formula is C15H11FN2O. The lowest BCUT2D eigenvalue weighted by Crippen LogP contribution is -1.95. The number of benzene rings is 2. The molecule has 0 amide bonds. The number of hydrogen-bond donors (Lipinski definition) is 0. The van der Waals surface area contributed by atoms with Gasteiger partial charge in [0.15, 0.2) is 11.6 Å². The van der Waals surface area contributed by atoms with Crippen LogP contribution in [0.5, 0.6) is 11.6 Å². The second kappa shape index (κ2) is 4.94. The summed E-state index contributed by atoms with van der Waals surface area (Å²) in [5.41, 5.74) is 0.922. The van der Waals surface area contributed by atoms with Crippen molar-refractivity contribution in [1.29, 1.82) is 0 Å². The molecule has 0 bridgehead atoms. The molecule has 0 aliphatic heterocycles. The fourth-order valence-corrected chi connectivity index (χ4v) is 1.73. The van der Waals surface area contributed by atoms with Gasteiger partial charge < -0.3 is 4.74 Å². The predicted molar refractivity (Wildman–Crippen MR) is 70.0 cm³/mol. The van der Waals surface area contributed by atoms with Gasteiger partial charge in [-0.05, 0) is 24.3 Å². The Morgan fingerprint density at radius 3 is 2.42 bits per heavy atom. The zero-order valence-electron chi connectivity index (χ0n) is 10.0. The first-order chi connectivity index (χ1) is 9.33. The maximum atomic E-state index is 13.4. The van der Waals surface area contributed by atoms with Gasteiger partial charge in [0.1, 0.15) is 0 Å². The second-order valence-corrected chi connectivity index (χ2v) is 3.97. The van der Waals surface area contributed by atoms with Crippen LogP contribution < -0.4 is 4.74 Å². The molecule has 4 heteroatoms. The van der Waals surface area contributed by atoms with E-state index in [9.17, 15) is 4.39 Å². The van der Waals surface area contributed by atoms with Gasteiger partial charge in [0.25, 0.3) is 0 Å². The minimum atomic E-state index is -0.406. The molecule has 19 heavy (non-hydrogen) atoms. The summed E-state index contributed by atoms with van der Waals surface area (Å²) >= 11 is 0. The number of halogens is 1. The Kier molecular flexibility index (Phi) is 2.98. The third-order valence-electron chi connectivity index (χ3n) is 2.64. The van der Waals surface area contributed by atoms with Crippen molar-refractivity contribution in [3.63, 3.8) is 0 Å². The van der Waals surface area contributed by atoms with E-state index in [0.29, 0.717) is 5.88 Å². The molecule has 0 aliphatic rings. The quantitative estimate of drug-likeness (QED) is 0.710. The summed E-state index contributed by atoms with van der Waals surface area (Å²) in [5, 5.41) is 4.24. The normalized spacial score (nSPS) is 10.4. The summed E-state index contributed by atoms with van der Waals surface area (Å²) < 4.78 is 20.5. The van der Waals surface area contributed by atoms with Crippen molar-refractivity contribution in [3.05, 3.63) is 72.7 Å². The molecule has 0 radical (unpaired) electrons. The van der Waals surface area contributed by atoms with Crippen LogP contribution in [0.25, 0.3) is 5.69 Å². The molecule has 1 heterocycles. The average molecular weight is 254 g/mol. The number of nitrogens with zero attached hydrogens (tertiary/aromatic N) is 2. The van der Waals surface area contributed by atoms with Crippen molar-refractivity contribution in [3.8, 4) is 17.3 Å². The zero-order chi connectivity index (χ0) is 13.1. The smallest absolute Gasteiger partial charge is 0.238 e. The third kappa shape index (κ3) is 2.47. The van der Waals surface area contributed by atoms with Crippen LogP contribution in [-0.4, -0.2) is 9.78 Å². The first-order valence-corrected chi connectivity index (χ1v) is 5.86. The van der Waals surface area contributed by atoms with Crippen LogP contribution >= 0.6 is 0 Å². The highest BCUT2D eigenvalue weighted by molar-refractivity contribution is 5.32. The van der Waals surface area contributed by atoms with Crippen molar-refractivity contribution in [1.82, 2.24) is 9.78 Å². The fourth-order valence-electron chi connectivity index (χ4n) is 1.73. The van der Waals surface area contributed by atoms with Gasteiger partial charge in [0.2, 0.25) is 5.88 Å². The highest BCUT2D eigenvalue weighted by Gasteiger charge is 2.06. The maximum absolute atomic E-state index is 13.4. The monoisotopic (exact) mass is 254 g/mol. The molecule has 0 saturated carbocycles. The Labute approximate surface area is 109 Å². The van der Waals surface area contributed by atoms with E-state index in [4.69, 9.17) is 4.74 Å². The number of hydrogen-bond acceptors (Lipinski definition) is 2. The average Bonchev–Trinajstić information content (AvgIpc) is 2.91. The van der Waals surface area contributed by atoms with Gasteiger partial charge in [-0.3, -0.25) is 0 Å². The fraction of sp³-hybridized carbons (Fsp3) is 0. The molecule has 0 fully saturated rings. The number of rotatable bonds is 3. The number of ether oxygens (including phenoxy) is 1. The van der Waals surface area contributed by atoms with Crippen molar-refractivity contribution in [2.75, 3.05) is 0 Å². The molecule has 0 saturated heterocycles. The molecule has 2 aromatic carbocycles. The minimum Gasteiger partial charge on any atom is -0.434 e. The van der Waals surface area contributed by atoms with Crippen molar-refractivity contribution < 1.29 is 9.13 Å². The lowest BCUT2D eigenvalue weighted by Gasteiger charge is -2.03. The van der Waals surface area contributed by atoms with Crippen LogP contribution in [0, 0.1) is 5.82 Å². The first kappa shape index (κ1) is 11.5. The largest absolute Gasteiger partial charge is 0.434 e. The summed E-state index contributed by atoms with van der Waals surface area (Å²) in [6.45, 7) is 0. The van der Waals surface area contributed by atoms with Gasteiger partial charge in [-0.25, -0.2) is 9.07 Å². The molecule has 0 spiro atoms. The van der Waals surface area contributed by atoms with E-state index in [0.717, 1.165) is 5.69 Å². The van der Waals surface area contributed by atoms with E-state index in [1.165, 1.54) is 6.07 Å². The van der Waals surface area contributed by atoms with E-state index in [-0.39, 0.29) is 5.75 Å². The second-order valence-electron chi connectivity index (χ2n) is 3.97. The van der Waals surface area contributed by atoms with Gasteiger partial charge >= 0.3 is 0 Å². The lowest BCUT2D eigenvalue weighted by atomic mass is 10.3. The Hall–Kier alpha value is -2.62. The topological polar surface area (TPSA) is 27.1 Å². The molecule has 1 aromatic heterocycles. The van der Waals surface area contributed by atoms with Gasteiger partial charge in [-0.2, -0.15) is 0 Å². The van der Waals surface area contributed by atoms with Crippen LogP contribution in [0.1, 0.15) is 0 Å². The van der Waals surface area contributed by atoms with E-state index in [2.05, 4.69) is 5.10 Å². The van der Waals surface area contributed by atoms with Gasteiger partial charge in [-0.15, -0.1) is 5.10 Å². The highest BCUT2D eigenvalue weighted by Crippen LogP contribution is 2.22. The summed E-state index contributed by atoms with van der Waals surface area (Å²) in [6, 6.07) is 17.6. The van der Waals surface area contributed by atoms with E-state index < -0.39 is 5.82 Å². The Morgan fingerprint density at radius 2 is 1.63 bits per heavy atom. The molecule has 0 atom stereocenters. The van der Waals surface area contributed by atoms with E-state index in [1.807, 2.05) is 30.3 Å². The molecule has 0 unspecified atom stereocenters. The zero-order valence-corrected chi connectivity index (χ0v) is 10.0. The highest BCUT2D eigenvalue weighted by atomic mass is 19.1. The Bertz CT molecular complexity index is 679. The van der Waals surface area contributed by atoms with Gasteiger partial charge in [0, 0.05) is 12.3 Å². The Balaban J connectivity index is 1.85. The van der Waals surface area contributed by atoms with Crippen molar-refractivity contribution >= 4 is 0 Å². The molecule has 3 aromatic rings. The summed E-state index contributed by atoms with van der Waals surface area (Å²) in [5.74, 6) is 0.117. The first-order valence-electron chi connectivity index (χ1n) is 5.86. The van der Waals surface area contributed by atoms with Crippen LogP contribution in [0.3, 0.4) is 0 Å². The van der Waals surface area contributed by atoms with Crippen LogP contribution in [-0.2, 0) is 0 Å². The standard InChI is InChI=1S/C15H11FN2O/c16-13-8-4-5-9-14(13)19-15-10-11-18(17-15)12-6-2-1-3-7-12/h1-11H. The maximum Gasteiger partial charge on any atom is 0.238 e. The molecule has 0 N–H and O–H groups in total. The SMILES string of the molecule is Fc1ccccc1Oc1ccn(-c2ccccc2)n1. The van der Waals surface area contributed by atoms with Crippen molar-refractivity contribution in [2.45, 2.75) is 0 Å². The van der Waals surface area contributed by atoms with E-state index >= 15 is 0 Å². The minimum absolute atomic E-state index is 0.167.